The summed E-state index contributed by atoms with van der Waals surface area (Å²) in [5.41, 5.74) is 5.46. The molecule has 0 bridgehead atoms. The second-order valence-electron chi connectivity index (χ2n) is 5.73. The van der Waals surface area contributed by atoms with Crippen molar-refractivity contribution in [3.05, 3.63) is 33.0 Å². The summed E-state index contributed by atoms with van der Waals surface area (Å²) in [6.07, 6.45) is 3.06. The van der Waals surface area contributed by atoms with Gasteiger partial charge < -0.3 is 5.73 Å². The number of imide groups is 1. The zero-order valence-corrected chi connectivity index (χ0v) is 16.9. The number of carbonyl (C=O) groups is 2. The molecule has 0 aliphatic heterocycles. The van der Waals surface area contributed by atoms with Crippen LogP contribution in [0.5, 0.6) is 0 Å². The van der Waals surface area contributed by atoms with Crippen molar-refractivity contribution in [3.63, 3.8) is 0 Å². The molecule has 0 radical (unpaired) electrons. The number of rotatable bonds is 8. The zero-order chi connectivity index (χ0) is 19.1. The maximum Gasteiger partial charge on any atom is 0.318 e. The Labute approximate surface area is 163 Å². The second kappa shape index (κ2) is 9.72. The monoisotopic (exact) mass is 440 g/mol. The van der Waals surface area contributed by atoms with Gasteiger partial charge in [0.05, 0.1) is 10.9 Å². The van der Waals surface area contributed by atoms with Crippen LogP contribution in [-0.2, 0) is 11.3 Å². The second-order valence-corrected chi connectivity index (χ2v) is 7.71. The SMILES string of the molecule is CCCCCn1c(SCCC(=O)NC(N)=O)nc2ccc(Br)cc2c1=O. The smallest absolute Gasteiger partial charge is 0.318 e. The van der Waals surface area contributed by atoms with Gasteiger partial charge in [-0.1, -0.05) is 47.5 Å². The summed E-state index contributed by atoms with van der Waals surface area (Å²) in [7, 11) is 0. The van der Waals surface area contributed by atoms with Crippen LogP contribution < -0.4 is 16.6 Å². The lowest BCUT2D eigenvalue weighted by atomic mass is 10.2. The molecule has 0 fully saturated rings. The largest absolute Gasteiger partial charge is 0.351 e. The van der Waals surface area contributed by atoms with Crippen molar-refractivity contribution < 1.29 is 9.59 Å². The lowest BCUT2D eigenvalue weighted by Crippen LogP contribution is -2.35. The van der Waals surface area contributed by atoms with E-state index in [0.717, 1.165) is 23.7 Å². The Balaban J connectivity index is 2.25. The molecule has 0 aliphatic rings. The summed E-state index contributed by atoms with van der Waals surface area (Å²) in [6, 6.07) is 4.53. The molecule has 0 saturated heterocycles. The summed E-state index contributed by atoms with van der Waals surface area (Å²) < 4.78 is 2.49. The molecule has 26 heavy (non-hydrogen) atoms. The molecule has 7 nitrogen and oxygen atoms in total. The number of halogens is 1. The van der Waals surface area contributed by atoms with E-state index < -0.39 is 11.9 Å². The lowest BCUT2D eigenvalue weighted by molar-refractivity contribution is -0.119. The van der Waals surface area contributed by atoms with E-state index in [4.69, 9.17) is 5.73 Å². The highest BCUT2D eigenvalue weighted by atomic mass is 79.9. The maximum absolute atomic E-state index is 12.9. The van der Waals surface area contributed by atoms with Crippen LogP contribution in [0.2, 0.25) is 0 Å². The van der Waals surface area contributed by atoms with E-state index in [1.54, 1.807) is 16.7 Å². The number of benzene rings is 1. The first-order valence-electron chi connectivity index (χ1n) is 8.34. The minimum Gasteiger partial charge on any atom is -0.351 e. The molecule has 0 saturated carbocycles. The first-order valence-corrected chi connectivity index (χ1v) is 10.1. The molecule has 3 N–H and O–H groups in total. The van der Waals surface area contributed by atoms with Gasteiger partial charge in [0, 0.05) is 23.2 Å². The molecule has 9 heteroatoms. The lowest BCUT2D eigenvalue weighted by Gasteiger charge is -2.13. The molecule has 140 valence electrons. The Bertz CT molecular complexity index is 869. The summed E-state index contributed by atoms with van der Waals surface area (Å²) in [6.45, 7) is 2.68. The van der Waals surface area contributed by atoms with Gasteiger partial charge in [0.2, 0.25) is 5.91 Å². The Morgan fingerprint density at radius 3 is 2.81 bits per heavy atom. The molecule has 0 unspecified atom stereocenters. The highest BCUT2D eigenvalue weighted by Gasteiger charge is 2.13. The van der Waals surface area contributed by atoms with Crippen LogP contribution in [-0.4, -0.2) is 27.2 Å². The van der Waals surface area contributed by atoms with Crippen LogP contribution in [0.25, 0.3) is 10.9 Å². The van der Waals surface area contributed by atoms with Gasteiger partial charge in [-0.05, 0) is 24.6 Å². The topological polar surface area (TPSA) is 107 Å². The fourth-order valence-corrected chi connectivity index (χ4v) is 3.76. The third kappa shape index (κ3) is 5.57. The quantitative estimate of drug-likeness (QED) is 0.372. The number of unbranched alkanes of at least 4 members (excludes halogenated alkanes) is 2. The van der Waals surface area contributed by atoms with E-state index in [0.29, 0.717) is 28.4 Å². The van der Waals surface area contributed by atoms with Crippen LogP contribution in [0.3, 0.4) is 0 Å². The van der Waals surface area contributed by atoms with E-state index in [-0.39, 0.29) is 12.0 Å². The summed E-state index contributed by atoms with van der Waals surface area (Å²) >= 11 is 4.71. The van der Waals surface area contributed by atoms with E-state index in [1.807, 2.05) is 11.4 Å². The summed E-state index contributed by atoms with van der Waals surface area (Å²) in [5, 5.41) is 3.16. The third-order valence-electron chi connectivity index (χ3n) is 3.69. The first-order chi connectivity index (χ1) is 12.4. The molecular weight excluding hydrogens is 420 g/mol. The van der Waals surface area contributed by atoms with Crippen molar-refractivity contribution >= 4 is 50.5 Å². The minimum atomic E-state index is -0.870. The molecule has 2 aromatic rings. The van der Waals surface area contributed by atoms with Crippen molar-refractivity contribution in [1.29, 1.82) is 0 Å². The van der Waals surface area contributed by atoms with E-state index in [2.05, 4.69) is 27.8 Å². The van der Waals surface area contributed by atoms with Gasteiger partial charge in [-0.2, -0.15) is 0 Å². The Morgan fingerprint density at radius 2 is 2.12 bits per heavy atom. The highest BCUT2D eigenvalue weighted by molar-refractivity contribution is 9.10. The number of nitrogens with one attached hydrogen (secondary N) is 1. The van der Waals surface area contributed by atoms with Gasteiger partial charge in [-0.15, -0.1) is 0 Å². The van der Waals surface area contributed by atoms with Gasteiger partial charge in [0.15, 0.2) is 5.16 Å². The number of amides is 3. The highest BCUT2D eigenvalue weighted by Crippen LogP contribution is 2.21. The van der Waals surface area contributed by atoms with Crippen LogP contribution in [0.1, 0.15) is 32.6 Å². The summed E-state index contributed by atoms with van der Waals surface area (Å²) in [5.74, 6) is -0.0592. The number of carbonyl (C=O) groups excluding carboxylic acids is 2. The van der Waals surface area contributed by atoms with Crippen LogP contribution in [0.15, 0.2) is 32.6 Å². The number of fused-ring (bicyclic) bond motifs is 1. The van der Waals surface area contributed by atoms with Crippen LogP contribution in [0.4, 0.5) is 4.79 Å². The number of thioether (sulfide) groups is 1. The molecule has 1 heterocycles. The van der Waals surface area contributed by atoms with Gasteiger partial charge in [-0.25, -0.2) is 9.78 Å². The molecule has 1 aromatic carbocycles. The number of nitrogens with zero attached hydrogens (tertiary/aromatic N) is 2. The predicted molar refractivity (Wildman–Crippen MR) is 106 cm³/mol. The molecule has 3 amide bonds. The average molecular weight is 441 g/mol. The number of urea groups is 1. The van der Waals surface area contributed by atoms with Gasteiger partial charge >= 0.3 is 6.03 Å². The predicted octanol–water partition coefficient (Wildman–Crippen LogP) is 3.03. The van der Waals surface area contributed by atoms with Gasteiger partial charge in [0.25, 0.3) is 5.56 Å². The maximum atomic E-state index is 12.9. The van der Waals surface area contributed by atoms with E-state index >= 15 is 0 Å². The van der Waals surface area contributed by atoms with E-state index in [9.17, 15) is 14.4 Å². The van der Waals surface area contributed by atoms with Crippen molar-refractivity contribution in [2.24, 2.45) is 5.73 Å². The molecule has 0 spiro atoms. The average Bonchev–Trinajstić information content (AvgIpc) is 2.57. The Kier molecular flexibility index (Phi) is 7.65. The van der Waals surface area contributed by atoms with Crippen molar-refractivity contribution in [2.75, 3.05) is 5.75 Å². The summed E-state index contributed by atoms with van der Waals surface area (Å²) in [4.78, 5) is 39.7. The number of hydrogen-bond acceptors (Lipinski definition) is 5. The molecular formula is C17H21BrN4O3S. The van der Waals surface area contributed by atoms with Crippen molar-refractivity contribution in [3.8, 4) is 0 Å². The number of aromatic nitrogens is 2. The number of primary amides is 1. The van der Waals surface area contributed by atoms with Crippen molar-refractivity contribution in [2.45, 2.75) is 44.3 Å². The molecule has 2 rings (SSSR count). The van der Waals surface area contributed by atoms with Gasteiger partial charge in [0.1, 0.15) is 0 Å². The standard InChI is InChI=1S/C17H21BrN4O3S/c1-2-3-4-8-22-15(24)12-10-11(18)5-6-13(12)20-17(22)26-9-7-14(23)21-16(19)25/h5-6,10H,2-4,7-9H2,1H3,(H3,19,21,23,25). The van der Waals surface area contributed by atoms with Crippen molar-refractivity contribution in [1.82, 2.24) is 14.9 Å². The fraction of sp³-hybridized carbons (Fsp3) is 0.412. The molecule has 0 aliphatic carbocycles. The molecule has 1 aromatic heterocycles. The fourth-order valence-electron chi connectivity index (χ4n) is 2.43. The number of nitrogens with two attached hydrogens (primary N) is 1. The normalized spacial score (nSPS) is 10.8. The minimum absolute atomic E-state index is 0.0866. The van der Waals surface area contributed by atoms with Crippen LogP contribution in [0, 0.1) is 0 Å². The molecule has 0 atom stereocenters. The third-order valence-corrected chi connectivity index (χ3v) is 5.16. The zero-order valence-electron chi connectivity index (χ0n) is 14.5. The van der Waals surface area contributed by atoms with Gasteiger partial charge in [-0.3, -0.25) is 19.5 Å². The Hall–Kier alpha value is -1.87. The number of hydrogen-bond donors (Lipinski definition) is 2. The van der Waals surface area contributed by atoms with Crippen LogP contribution >= 0.6 is 27.7 Å². The Morgan fingerprint density at radius 1 is 1.35 bits per heavy atom. The van der Waals surface area contributed by atoms with E-state index in [1.165, 1.54) is 11.8 Å². The first kappa shape index (κ1) is 20.4.